The number of nitrogens with two attached hydrogens (primary N) is 1. The van der Waals surface area contributed by atoms with Gasteiger partial charge in [-0.1, -0.05) is 88.7 Å². The Bertz CT molecular complexity index is 916. The van der Waals surface area contributed by atoms with Crippen LogP contribution in [0.5, 0.6) is 5.75 Å². The average molecular weight is 488 g/mol. The number of carbonyl (C=O) groups excluding carboxylic acids is 2. The van der Waals surface area contributed by atoms with Crippen molar-refractivity contribution in [2.24, 2.45) is 17.6 Å². The fraction of sp³-hybridized carbons (Fsp3) is 0.407. The fourth-order valence-electron chi connectivity index (χ4n) is 3.36. The Morgan fingerprint density at radius 2 is 1.62 bits per heavy atom. The predicted octanol–water partition coefficient (Wildman–Crippen LogP) is 4.07. The van der Waals surface area contributed by atoms with E-state index in [-0.39, 0.29) is 36.0 Å². The summed E-state index contributed by atoms with van der Waals surface area (Å²) in [5.41, 5.74) is 7.88. The molecule has 0 fully saturated rings. The molecule has 6 nitrogen and oxygen atoms in total. The zero-order chi connectivity index (χ0) is 24.4. The molecule has 34 heavy (non-hydrogen) atoms. The van der Waals surface area contributed by atoms with Gasteiger partial charge >= 0.3 is 0 Å². The summed E-state index contributed by atoms with van der Waals surface area (Å²) in [6.45, 7) is 7.92. The van der Waals surface area contributed by atoms with Crippen LogP contribution in [0.15, 0.2) is 60.7 Å². The van der Waals surface area contributed by atoms with E-state index < -0.39 is 23.9 Å². The van der Waals surface area contributed by atoms with E-state index in [9.17, 15) is 14.7 Å². The molecule has 0 spiro atoms. The molecule has 0 aromatic heterocycles. The minimum Gasteiger partial charge on any atom is -0.508 e. The van der Waals surface area contributed by atoms with Crippen molar-refractivity contribution < 1.29 is 14.7 Å². The van der Waals surface area contributed by atoms with Crippen LogP contribution in [0.2, 0.25) is 0 Å². The number of imide groups is 1. The minimum absolute atomic E-state index is 0. The molecule has 7 heteroatoms. The quantitative estimate of drug-likeness (QED) is 0.382. The second-order valence-electron chi connectivity index (χ2n) is 8.89. The van der Waals surface area contributed by atoms with Crippen LogP contribution < -0.4 is 16.4 Å². The second-order valence-corrected chi connectivity index (χ2v) is 8.89. The van der Waals surface area contributed by atoms with Gasteiger partial charge in [0.25, 0.3) is 0 Å². The van der Waals surface area contributed by atoms with E-state index in [4.69, 9.17) is 5.73 Å². The van der Waals surface area contributed by atoms with Crippen LogP contribution in [-0.2, 0) is 16.0 Å². The maximum absolute atomic E-state index is 13.1. The zero-order valence-electron chi connectivity index (χ0n) is 20.4. The van der Waals surface area contributed by atoms with E-state index in [1.54, 1.807) is 24.3 Å². The van der Waals surface area contributed by atoms with E-state index in [1.807, 2.05) is 50.3 Å². The number of halogens is 1. The Morgan fingerprint density at radius 3 is 2.18 bits per heavy atom. The van der Waals surface area contributed by atoms with Crippen molar-refractivity contribution >= 4 is 30.3 Å². The molecule has 2 rings (SSSR count). The first-order chi connectivity index (χ1) is 15.7. The molecule has 0 saturated heterocycles. The number of phenols is 1. The van der Waals surface area contributed by atoms with Gasteiger partial charge in [0.05, 0.1) is 12.1 Å². The molecule has 0 radical (unpaired) electrons. The lowest BCUT2D eigenvalue weighted by Gasteiger charge is -2.27. The molecule has 0 aliphatic rings. The topological polar surface area (TPSA) is 104 Å². The van der Waals surface area contributed by atoms with Gasteiger partial charge in [-0.2, -0.15) is 0 Å². The van der Waals surface area contributed by atoms with Crippen LogP contribution in [-0.4, -0.2) is 35.0 Å². The smallest absolute Gasteiger partial charge is 0.244 e. The summed E-state index contributed by atoms with van der Waals surface area (Å²) >= 11 is 0. The molecule has 0 saturated carbocycles. The molecule has 2 amide bonds. The van der Waals surface area contributed by atoms with E-state index in [0.29, 0.717) is 6.42 Å². The first kappa shape index (κ1) is 29.4. The Kier molecular flexibility index (Phi) is 12.6. The van der Waals surface area contributed by atoms with Crippen LogP contribution in [0, 0.1) is 11.8 Å². The summed E-state index contributed by atoms with van der Waals surface area (Å²) in [4.78, 5) is 25.6. The van der Waals surface area contributed by atoms with Gasteiger partial charge in [0, 0.05) is 6.04 Å². The van der Waals surface area contributed by atoms with Crippen molar-refractivity contribution in [3.8, 4) is 5.75 Å². The molecule has 0 unspecified atom stereocenters. The minimum atomic E-state index is -0.758. The van der Waals surface area contributed by atoms with E-state index in [0.717, 1.165) is 17.5 Å². The van der Waals surface area contributed by atoms with Crippen molar-refractivity contribution in [3.05, 3.63) is 71.8 Å². The lowest BCUT2D eigenvalue weighted by Crippen LogP contribution is -2.55. The highest BCUT2D eigenvalue weighted by Crippen LogP contribution is 2.16. The van der Waals surface area contributed by atoms with Crippen LogP contribution in [0.25, 0.3) is 6.08 Å². The number of aromatic hydroxyl groups is 1. The molecule has 186 valence electrons. The van der Waals surface area contributed by atoms with E-state index >= 15 is 0 Å². The summed E-state index contributed by atoms with van der Waals surface area (Å²) in [7, 11) is 0. The van der Waals surface area contributed by atoms with Gasteiger partial charge in [-0.25, -0.2) is 0 Å². The van der Waals surface area contributed by atoms with Crippen molar-refractivity contribution in [3.63, 3.8) is 0 Å². The molecular formula is C27H38ClN3O3. The van der Waals surface area contributed by atoms with Crippen molar-refractivity contribution in [2.45, 2.75) is 58.7 Å². The number of phenolic OH excluding ortho intramolecular Hbond substituents is 1. The van der Waals surface area contributed by atoms with Gasteiger partial charge in [-0.05, 0) is 41.5 Å². The molecule has 0 aliphatic carbocycles. The fourth-order valence-corrected chi connectivity index (χ4v) is 3.36. The summed E-state index contributed by atoms with van der Waals surface area (Å²) in [6, 6.07) is 15.2. The van der Waals surface area contributed by atoms with Gasteiger partial charge in [0.2, 0.25) is 11.8 Å². The Balaban J connectivity index is 0.00000578. The van der Waals surface area contributed by atoms with Crippen LogP contribution >= 0.6 is 12.4 Å². The third-order valence-electron chi connectivity index (χ3n) is 5.91. The van der Waals surface area contributed by atoms with Crippen molar-refractivity contribution in [1.29, 1.82) is 0 Å². The Morgan fingerprint density at radius 1 is 1.00 bits per heavy atom. The molecule has 0 aliphatic heterocycles. The molecular weight excluding hydrogens is 450 g/mol. The lowest BCUT2D eigenvalue weighted by atomic mass is 9.95. The van der Waals surface area contributed by atoms with Crippen molar-refractivity contribution in [2.75, 3.05) is 0 Å². The number of benzene rings is 2. The van der Waals surface area contributed by atoms with E-state index in [1.165, 1.54) is 0 Å². The number of rotatable bonds is 11. The maximum atomic E-state index is 13.1. The highest BCUT2D eigenvalue weighted by molar-refractivity contribution is 6.00. The summed E-state index contributed by atoms with van der Waals surface area (Å²) < 4.78 is 0. The first-order valence-corrected chi connectivity index (χ1v) is 11.6. The summed E-state index contributed by atoms with van der Waals surface area (Å²) in [6.07, 6.45) is 5.39. The van der Waals surface area contributed by atoms with Crippen LogP contribution in [0.3, 0.4) is 0 Å². The molecule has 2 aromatic rings. The van der Waals surface area contributed by atoms with E-state index in [2.05, 4.69) is 30.6 Å². The van der Waals surface area contributed by atoms with Crippen molar-refractivity contribution in [1.82, 2.24) is 10.6 Å². The monoisotopic (exact) mass is 487 g/mol. The summed E-state index contributed by atoms with van der Waals surface area (Å²) in [5, 5.41) is 15.5. The standard InChI is InChI=1S/C27H37N3O3.ClH/c1-5-19(4)23(16-13-20-9-7-6-8-10-20)29-24(17-21-11-14-22(31)15-12-21)26(32)30-27(33)25(28)18(2)3;/h6-16,18-19,23-25,29,31H,5,17,28H2,1-4H3,(H,30,32,33);1H/b16-13+;/t19-,23+,24-,25-;/m0./s1. The van der Waals surface area contributed by atoms with Gasteiger partial charge in [-0.3, -0.25) is 20.2 Å². The van der Waals surface area contributed by atoms with Gasteiger partial charge < -0.3 is 10.8 Å². The second kappa shape index (κ2) is 14.6. The number of nitrogens with one attached hydrogen (secondary N) is 2. The van der Waals surface area contributed by atoms with Crippen LogP contribution in [0.1, 0.15) is 45.2 Å². The predicted molar refractivity (Wildman–Crippen MR) is 141 cm³/mol. The molecule has 2 aromatic carbocycles. The third-order valence-corrected chi connectivity index (χ3v) is 5.91. The molecule has 0 heterocycles. The van der Waals surface area contributed by atoms with Gasteiger partial charge in [-0.15, -0.1) is 12.4 Å². The first-order valence-electron chi connectivity index (χ1n) is 11.6. The highest BCUT2D eigenvalue weighted by Gasteiger charge is 2.27. The number of hydrogen-bond donors (Lipinski definition) is 4. The number of hydrogen-bond acceptors (Lipinski definition) is 5. The number of amides is 2. The number of carbonyl (C=O) groups is 2. The Labute approximate surface area is 209 Å². The molecule has 4 atom stereocenters. The normalized spacial score (nSPS) is 14.8. The van der Waals surface area contributed by atoms with Crippen LogP contribution in [0.4, 0.5) is 0 Å². The average Bonchev–Trinajstić information content (AvgIpc) is 2.81. The van der Waals surface area contributed by atoms with Gasteiger partial charge in [0.1, 0.15) is 5.75 Å². The molecule has 0 bridgehead atoms. The zero-order valence-corrected chi connectivity index (χ0v) is 21.2. The SMILES string of the molecule is CC[C@H](C)[C@@H](/C=C/c1ccccc1)N[C@@H](Cc1ccc(O)cc1)C(=O)NC(=O)[C@@H](N)C(C)C.Cl. The Hall–Kier alpha value is -2.67. The maximum Gasteiger partial charge on any atom is 0.244 e. The highest BCUT2D eigenvalue weighted by atomic mass is 35.5. The third kappa shape index (κ3) is 9.29. The lowest BCUT2D eigenvalue weighted by molar-refractivity contribution is -0.132. The summed E-state index contributed by atoms with van der Waals surface area (Å²) in [5.74, 6) is -0.552. The molecule has 5 N–H and O–H groups in total. The van der Waals surface area contributed by atoms with Gasteiger partial charge in [0.15, 0.2) is 0 Å². The largest absolute Gasteiger partial charge is 0.508 e.